The first-order valence-corrected chi connectivity index (χ1v) is 4.98. The molecular formula is C13H17O. The van der Waals surface area contributed by atoms with E-state index in [4.69, 9.17) is 4.74 Å². The Bertz CT molecular complexity index is 313. The van der Waals surface area contributed by atoms with E-state index in [-0.39, 0.29) is 0 Å². The van der Waals surface area contributed by atoms with Crippen molar-refractivity contribution in [3.63, 3.8) is 0 Å². The van der Waals surface area contributed by atoms with Crippen molar-refractivity contribution in [2.24, 2.45) is 0 Å². The van der Waals surface area contributed by atoms with Crippen LogP contribution in [0.25, 0.3) is 0 Å². The monoisotopic (exact) mass is 189 g/mol. The summed E-state index contributed by atoms with van der Waals surface area (Å²) in [6.07, 6.45) is 2.89. The summed E-state index contributed by atoms with van der Waals surface area (Å²) in [6, 6.07) is 6.14. The number of hydrogen-bond donors (Lipinski definition) is 0. The molecule has 0 amide bonds. The highest BCUT2D eigenvalue weighted by Gasteiger charge is 2.03. The van der Waals surface area contributed by atoms with Crippen LogP contribution in [0.1, 0.15) is 37.8 Å². The van der Waals surface area contributed by atoms with Crippen molar-refractivity contribution in [2.75, 3.05) is 6.61 Å². The molecule has 0 aromatic heterocycles. The van der Waals surface area contributed by atoms with Crippen LogP contribution >= 0.6 is 0 Å². The van der Waals surface area contributed by atoms with Gasteiger partial charge >= 0.3 is 0 Å². The summed E-state index contributed by atoms with van der Waals surface area (Å²) in [7, 11) is 0. The molecule has 0 aliphatic heterocycles. The maximum absolute atomic E-state index is 5.47. The van der Waals surface area contributed by atoms with Crippen molar-refractivity contribution < 1.29 is 4.74 Å². The van der Waals surface area contributed by atoms with Crippen LogP contribution in [0.3, 0.4) is 0 Å². The molecule has 0 aliphatic carbocycles. The molecule has 0 bridgehead atoms. The molecule has 1 rings (SSSR count). The van der Waals surface area contributed by atoms with E-state index in [0.717, 1.165) is 11.3 Å². The number of rotatable bonds is 4. The second-order valence-corrected chi connectivity index (χ2v) is 3.56. The maximum atomic E-state index is 5.47. The Hall–Kier alpha value is -1.24. The van der Waals surface area contributed by atoms with Crippen LogP contribution in [0.15, 0.2) is 24.8 Å². The third kappa shape index (κ3) is 2.63. The lowest BCUT2D eigenvalue weighted by atomic mass is 10.0. The van der Waals surface area contributed by atoms with E-state index in [1.165, 1.54) is 5.56 Å². The first kappa shape index (κ1) is 10.8. The molecule has 0 saturated carbocycles. The highest BCUT2D eigenvalue weighted by atomic mass is 16.5. The minimum Gasteiger partial charge on any atom is -0.494 e. The van der Waals surface area contributed by atoms with E-state index >= 15 is 0 Å². The average Bonchev–Trinajstić information content (AvgIpc) is 2.17. The van der Waals surface area contributed by atoms with Gasteiger partial charge in [-0.05, 0) is 42.2 Å². The lowest BCUT2D eigenvalue weighted by Gasteiger charge is -2.10. The largest absolute Gasteiger partial charge is 0.494 e. The summed E-state index contributed by atoms with van der Waals surface area (Å²) in [6.45, 7) is 10.7. The molecule has 0 unspecified atom stereocenters. The molecule has 0 N–H and O–H groups in total. The van der Waals surface area contributed by atoms with Crippen molar-refractivity contribution in [3.8, 4) is 5.75 Å². The highest BCUT2D eigenvalue weighted by Crippen LogP contribution is 2.23. The summed E-state index contributed by atoms with van der Waals surface area (Å²) in [5.41, 5.74) is 2.27. The minimum atomic E-state index is 0.502. The molecule has 1 aromatic carbocycles. The minimum absolute atomic E-state index is 0.502. The second-order valence-electron chi connectivity index (χ2n) is 3.56. The molecular weight excluding hydrogens is 172 g/mol. The van der Waals surface area contributed by atoms with E-state index in [0.29, 0.717) is 12.5 Å². The molecule has 0 spiro atoms. The fourth-order valence-corrected chi connectivity index (χ4v) is 1.31. The molecule has 1 radical (unpaired) electrons. The first-order chi connectivity index (χ1) is 6.67. The fraction of sp³-hybridized carbons (Fsp3) is 0.385. The summed E-state index contributed by atoms with van der Waals surface area (Å²) < 4.78 is 5.47. The van der Waals surface area contributed by atoms with Crippen molar-refractivity contribution in [1.29, 1.82) is 0 Å². The van der Waals surface area contributed by atoms with Gasteiger partial charge in [-0.2, -0.15) is 0 Å². The smallest absolute Gasteiger partial charge is 0.120 e. The Morgan fingerprint density at radius 3 is 2.57 bits per heavy atom. The van der Waals surface area contributed by atoms with Gasteiger partial charge < -0.3 is 4.74 Å². The number of benzene rings is 1. The van der Waals surface area contributed by atoms with Gasteiger partial charge in [0.15, 0.2) is 0 Å². The van der Waals surface area contributed by atoms with Gasteiger partial charge in [0.2, 0.25) is 0 Å². The maximum Gasteiger partial charge on any atom is 0.120 e. The zero-order chi connectivity index (χ0) is 10.6. The Morgan fingerprint density at radius 1 is 1.36 bits per heavy atom. The van der Waals surface area contributed by atoms with Crippen molar-refractivity contribution in [3.05, 3.63) is 42.0 Å². The van der Waals surface area contributed by atoms with Gasteiger partial charge in [-0.15, -0.1) is 0 Å². The van der Waals surface area contributed by atoms with E-state index in [1.54, 1.807) is 0 Å². The van der Waals surface area contributed by atoms with E-state index in [2.05, 4.69) is 38.6 Å². The topological polar surface area (TPSA) is 9.23 Å². The zero-order valence-electron chi connectivity index (χ0n) is 9.13. The van der Waals surface area contributed by atoms with E-state index < -0.39 is 0 Å². The van der Waals surface area contributed by atoms with Gasteiger partial charge in [0.25, 0.3) is 0 Å². The summed E-state index contributed by atoms with van der Waals surface area (Å²) in [4.78, 5) is 0. The van der Waals surface area contributed by atoms with Gasteiger partial charge in [-0.3, -0.25) is 0 Å². The van der Waals surface area contributed by atoms with Gasteiger partial charge in [0.05, 0.1) is 6.61 Å². The third-order valence-electron chi connectivity index (χ3n) is 2.11. The van der Waals surface area contributed by atoms with E-state index in [9.17, 15) is 0 Å². The van der Waals surface area contributed by atoms with Crippen LogP contribution in [0.5, 0.6) is 5.75 Å². The average molecular weight is 189 g/mol. The number of hydrogen-bond acceptors (Lipinski definition) is 1. The second kappa shape index (κ2) is 4.85. The Labute approximate surface area is 86.4 Å². The third-order valence-corrected chi connectivity index (χ3v) is 2.11. The molecule has 1 aromatic rings. The molecule has 14 heavy (non-hydrogen) atoms. The lowest BCUT2D eigenvalue weighted by molar-refractivity contribution is 0.339. The summed E-state index contributed by atoms with van der Waals surface area (Å²) in [5, 5.41) is 0. The summed E-state index contributed by atoms with van der Waals surface area (Å²) in [5.74, 6) is 1.41. The van der Waals surface area contributed by atoms with Gasteiger partial charge in [-0.25, -0.2) is 0 Å². The molecule has 75 valence electrons. The molecule has 0 saturated heterocycles. The van der Waals surface area contributed by atoms with Crippen LogP contribution in [0, 0.1) is 6.08 Å². The molecule has 1 nitrogen and oxygen atoms in total. The lowest BCUT2D eigenvalue weighted by Crippen LogP contribution is -1.95. The Morgan fingerprint density at radius 2 is 2.07 bits per heavy atom. The van der Waals surface area contributed by atoms with Crippen LogP contribution in [-0.2, 0) is 0 Å². The summed E-state index contributed by atoms with van der Waals surface area (Å²) >= 11 is 0. The molecule has 0 heterocycles. The predicted molar refractivity (Wildman–Crippen MR) is 59.7 cm³/mol. The van der Waals surface area contributed by atoms with Crippen LogP contribution in [0.4, 0.5) is 0 Å². The molecule has 0 fully saturated rings. The number of ether oxygens (including phenoxy) is 1. The Kier molecular flexibility index (Phi) is 3.75. The Balaban J connectivity index is 3.06. The first-order valence-electron chi connectivity index (χ1n) is 4.98. The highest BCUT2D eigenvalue weighted by molar-refractivity contribution is 5.38. The van der Waals surface area contributed by atoms with Crippen LogP contribution in [-0.4, -0.2) is 6.61 Å². The quantitative estimate of drug-likeness (QED) is 0.703. The van der Waals surface area contributed by atoms with Gasteiger partial charge in [-0.1, -0.05) is 26.5 Å². The van der Waals surface area contributed by atoms with Crippen molar-refractivity contribution >= 4 is 0 Å². The molecule has 1 heteroatoms. The van der Waals surface area contributed by atoms with Crippen LogP contribution in [0.2, 0.25) is 0 Å². The molecule has 0 atom stereocenters. The van der Waals surface area contributed by atoms with Crippen molar-refractivity contribution in [1.82, 2.24) is 0 Å². The standard InChI is InChI=1S/C13H17O/c1-5-11-7-12(10(3)4)9-13(8-11)14-6-2/h7-10H,1,6H2,2-4H3. The van der Waals surface area contributed by atoms with Gasteiger partial charge in [0, 0.05) is 0 Å². The zero-order valence-corrected chi connectivity index (χ0v) is 9.13. The van der Waals surface area contributed by atoms with E-state index in [1.807, 2.05) is 13.0 Å². The SMILES string of the molecule is C=[C]c1cc(OCC)cc(C(C)C)c1. The predicted octanol–water partition coefficient (Wildman–Crippen LogP) is 3.55. The normalized spacial score (nSPS) is 10.3. The fourth-order valence-electron chi connectivity index (χ4n) is 1.31. The molecule has 0 aliphatic rings. The van der Waals surface area contributed by atoms with Crippen LogP contribution < -0.4 is 4.74 Å². The van der Waals surface area contributed by atoms with Crippen molar-refractivity contribution in [2.45, 2.75) is 26.7 Å². The van der Waals surface area contributed by atoms with Gasteiger partial charge in [0.1, 0.15) is 5.75 Å².